The quantitative estimate of drug-likeness (QED) is 0.654. The summed E-state index contributed by atoms with van der Waals surface area (Å²) in [5, 5.41) is 10.6. The molecule has 7 nitrogen and oxygen atoms in total. The first kappa shape index (κ1) is 23.3. The molecule has 0 aromatic carbocycles. The summed E-state index contributed by atoms with van der Waals surface area (Å²) < 4.78 is 6.48. The summed E-state index contributed by atoms with van der Waals surface area (Å²) in [6.45, 7) is 9.69. The van der Waals surface area contributed by atoms with Crippen molar-refractivity contribution in [2.24, 2.45) is 0 Å². The van der Waals surface area contributed by atoms with Gasteiger partial charge in [-0.05, 0) is 57.7 Å². The smallest absolute Gasteiger partial charge is 0.271 e. The van der Waals surface area contributed by atoms with Crippen LogP contribution in [0.4, 0.5) is 5.00 Å². The van der Waals surface area contributed by atoms with Crippen molar-refractivity contribution in [2.75, 3.05) is 24.7 Å². The van der Waals surface area contributed by atoms with E-state index in [4.69, 9.17) is 16.5 Å². The first-order valence-electron chi connectivity index (χ1n) is 10.3. The number of carbonyl (C=O) groups excluding carboxylic acids is 1. The first-order chi connectivity index (χ1) is 14.8. The number of rotatable bonds is 6. The number of H-pyrrole nitrogens is 1. The van der Waals surface area contributed by atoms with Gasteiger partial charge in [-0.2, -0.15) is 5.26 Å². The average molecular weight is 463 g/mol. The molecule has 1 N–H and O–H groups in total. The van der Waals surface area contributed by atoms with Crippen LogP contribution < -0.4 is 10.5 Å². The molecule has 3 rings (SSSR count). The largest absolute Gasteiger partial charge is 0.381 e. The van der Waals surface area contributed by atoms with E-state index >= 15 is 0 Å². The standard InChI is InChI=1S/C22H27ClN4O3S/c1-5-26(16-6-8-30-9-7-16)22-15(4)19(18(11-24)31-22)21(29)27(23)12-17-13(2)10-14(3)25-20(17)28/h10,16H,5-9,12H2,1-4H3,(H,25,28). The molecule has 3 heterocycles. The molecule has 31 heavy (non-hydrogen) atoms. The maximum atomic E-state index is 13.2. The number of thiophene rings is 1. The van der Waals surface area contributed by atoms with E-state index in [0.717, 1.165) is 45.6 Å². The lowest BCUT2D eigenvalue weighted by molar-refractivity contribution is 0.0844. The van der Waals surface area contributed by atoms with E-state index in [0.29, 0.717) is 35.3 Å². The molecule has 0 atom stereocenters. The number of nitrogens with zero attached hydrogens (tertiary/aromatic N) is 3. The minimum Gasteiger partial charge on any atom is -0.381 e. The summed E-state index contributed by atoms with van der Waals surface area (Å²) >= 11 is 7.68. The third kappa shape index (κ3) is 4.79. The van der Waals surface area contributed by atoms with E-state index in [-0.39, 0.29) is 12.1 Å². The first-order valence-corrected chi connectivity index (χ1v) is 11.5. The molecule has 0 unspecified atom stereocenters. The van der Waals surface area contributed by atoms with Gasteiger partial charge in [0.15, 0.2) is 0 Å². The van der Waals surface area contributed by atoms with E-state index in [1.807, 2.05) is 19.9 Å². The van der Waals surface area contributed by atoms with E-state index in [2.05, 4.69) is 22.9 Å². The maximum absolute atomic E-state index is 13.2. The Bertz CT molecular complexity index is 1070. The molecule has 1 aliphatic heterocycles. The molecule has 0 aliphatic carbocycles. The van der Waals surface area contributed by atoms with Gasteiger partial charge in [-0.3, -0.25) is 9.59 Å². The van der Waals surface area contributed by atoms with Crippen LogP contribution in [0.5, 0.6) is 0 Å². The highest BCUT2D eigenvalue weighted by molar-refractivity contribution is 7.17. The molecule has 0 bridgehead atoms. The van der Waals surface area contributed by atoms with Crippen molar-refractivity contribution in [2.45, 2.75) is 53.1 Å². The second-order valence-corrected chi connectivity index (χ2v) is 9.15. The van der Waals surface area contributed by atoms with E-state index in [1.54, 1.807) is 6.92 Å². The van der Waals surface area contributed by atoms with E-state index in [1.165, 1.54) is 11.3 Å². The molecular formula is C22H27ClN4O3S. The van der Waals surface area contributed by atoms with Gasteiger partial charge in [0.25, 0.3) is 11.5 Å². The van der Waals surface area contributed by atoms with Crippen LogP contribution in [-0.2, 0) is 11.3 Å². The Hall–Kier alpha value is -2.34. The van der Waals surface area contributed by atoms with Gasteiger partial charge < -0.3 is 14.6 Å². The predicted octanol–water partition coefficient (Wildman–Crippen LogP) is 4.03. The minimum atomic E-state index is -0.472. The van der Waals surface area contributed by atoms with Gasteiger partial charge in [0.2, 0.25) is 0 Å². The fourth-order valence-electron chi connectivity index (χ4n) is 4.09. The number of anilines is 1. The van der Waals surface area contributed by atoms with Crippen LogP contribution in [0.1, 0.15) is 57.4 Å². The van der Waals surface area contributed by atoms with Gasteiger partial charge in [-0.1, -0.05) is 0 Å². The van der Waals surface area contributed by atoms with Gasteiger partial charge in [0.1, 0.15) is 10.9 Å². The number of nitrogens with one attached hydrogen (secondary N) is 1. The fraction of sp³-hybridized carbons (Fsp3) is 0.500. The van der Waals surface area contributed by atoms with Crippen molar-refractivity contribution in [3.63, 3.8) is 0 Å². The zero-order chi connectivity index (χ0) is 22.7. The Morgan fingerprint density at radius 3 is 2.61 bits per heavy atom. The summed E-state index contributed by atoms with van der Waals surface area (Å²) in [5.41, 5.74) is 2.73. The number of amides is 1. The molecule has 1 fully saturated rings. The van der Waals surface area contributed by atoms with Crippen LogP contribution in [0.3, 0.4) is 0 Å². The minimum absolute atomic E-state index is 0.0468. The Morgan fingerprint density at radius 1 is 1.35 bits per heavy atom. The number of aryl methyl sites for hydroxylation is 2. The highest BCUT2D eigenvalue weighted by Crippen LogP contribution is 2.38. The van der Waals surface area contributed by atoms with E-state index in [9.17, 15) is 14.9 Å². The third-order valence-electron chi connectivity index (χ3n) is 5.68. The second kappa shape index (κ2) is 9.86. The number of aromatic amines is 1. The lowest BCUT2D eigenvalue weighted by Gasteiger charge is -2.34. The highest BCUT2D eigenvalue weighted by Gasteiger charge is 2.30. The van der Waals surface area contributed by atoms with Crippen LogP contribution in [0.15, 0.2) is 10.9 Å². The molecule has 2 aromatic rings. The Morgan fingerprint density at radius 2 is 2.03 bits per heavy atom. The number of ether oxygens (including phenoxy) is 1. The summed E-state index contributed by atoms with van der Waals surface area (Å²) in [6, 6.07) is 4.31. The van der Waals surface area contributed by atoms with Gasteiger partial charge in [-0.25, -0.2) is 4.42 Å². The van der Waals surface area contributed by atoms with Crippen LogP contribution in [-0.4, -0.2) is 41.1 Å². The number of nitriles is 1. The van der Waals surface area contributed by atoms with Crippen molar-refractivity contribution in [3.05, 3.63) is 49.2 Å². The summed E-state index contributed by atoms with van der Waals surface area (Å²) in [6.07, 6.45) is 1.82. The number of pyridine rings is 1. The average Bonchev–Trinajstić information content (AvgIpc) is 3.07. The van der Waals surface area contributed by atoms with Crippen molar-refractivity contribution >= 4 is 34.0 Å². The molecule has 2 aromatic heterocycles. The summed E-state index contributed by atoms with van der Waals surface area (Å²) in [4.78, 5) is 30.9. The van der Waals surface area contributed by atoms with Gasteiger partial charge >= 0.3 is 0 Å². The monoisotopic (exact) mass is 462 g/mol. The molecule has 0 radical (unpaired) electrons. The van der Waals surface area contributed by atoms with Crippen molar-refractivity contribution in [1.82, 2.24) is 9.40 Å². The zero-order valence-corrected chi connectivity index (χ0v) is 19.8. The van der Waals surface area contributed by atoms with Crippen LogP contribution in [0.25, 0.3) is 0 Å². The third-order valence-corrected chi connectivity index (χ3v) is 7.19. The molecular weight excluding hydrogens is 436 g/mol. The zero-order valence-electron chi connectivity index (χ0n) is 18.2. The number of hydrogen-bond donors (Lipinski definition) is 1. The van der Waals surface area contributed by atoms with Crippen molar-refractivity contribution in [1.29, 1.82) is 5.26 Å². The SMILES string of the molecule is CCN(c1sc(C#N)c(C(=O)N(Cl)Cc2c(C)cc(C)[nH]c2=O)c1C)C1CCOCC1. The summed E-state index contributed by atoms with van der Waals surface area (Å²) in [7, 11) is 0. The van der Waals surface area contributed by atoms with Crippen molar-refractivity contribution in [3.8, 4) is 6.07 Å². The second-order valence-electron chi connectivity index (χ2n) is 7.75. The molecule has 1 amide bonds. The van der Waals surface area contributed by atoms with Gasteiger partial charge in [-0.15, -0.1) is 11.3 Å². The fourth-order valence-corrected chi connectivity index (χ4v) is 5.52. The normalized spacial score (nSPS) is 14.3. The van der Waals surface area contributed by atoms with Crippen LogP contribution in [0, 0.1) is 32.1 Å². The Kier molecular flexibility index (Phi) is 7.42. The van der Waals surface area contributed by atoms with Gasteiger partial charge in [0.05, 0.1) is 17.1 Å². The molecule has 9 heteroatoms. The highest BCUT2D eigenvalue weighted by atomic mass is 35.5. The Balaban J connectivity index is 1.92. The number of aromatic nitrogens is 1. The number of halogens is 1. The number of hydrogen-bond acceptors (Lipinski definition) is 6. The predicted molar refractivity (Wildman–Crippen MR) is 123 cm³/mol. The van der Waals surface area contributed by atoms with Crippen LogP contribution >= 0.6 is 23.1 Å². The Labute approximate surface area is 191 Å². The van der Waals surface area contributed by atoms with Gasteiger partial charge in [0, 0.05) is 48.8 Å². The maximum Gasteiger partial charge on any atom is 0.271 e. The summed E-state index contributed by atoms with van der Waals surface area (Å²) in [5.74, 6) is -0.472. The molecule has 0 saturated carbocycles. The lowest BCUT2D eigenvalue weighted by Crippen LogP contribution is -2.39. The van der Waals surface area contributed by atoms with Crippen LogP contribution in [0.2, 0.25) is 0 Å². The molecule has 1 aliphatic rings. The molecule has 1 saturated heterocycles. The molecule has 166 valence electrons. The molecule has 0 spiro atoms. The van der Waals surface area contributed by atoms with Crippen molar-refractivity contribution < 1.29 is 9.53 Å². The lowest BCUT2D eigenvalue weighted by atomic mass is 10.1. The topological polar surface area (TPSA) is 89.4 Å². The number of carbonyl (C=O) groups is 1. The van der Waals surface area contributed by atoms with E-state index < -0.39 is 5.91 Å².